The number of nitrogens with one attached hydrogen (secondary N) is 1. The maximum atomic E-state index is 12.6. The number of amides is 1. The van der Waals surface area contributed by atoms with Crippen molar-refractivity contribution in [1.29, 1.82) is 0 Å². The van der Waals surface area contributed by atoms with Gasteiger partial charge in [-0.25, -0.2) is 15.0 Å². The number of hydrogen-bond acceptors (Lipinski definition) is 8. The lowest BCUT2D eigenvalue weighted by Crippen LogP contribution is -2.53. The van der Waals surface area contributed by atoms with Crippen LogP contribution in [-0.4, -0.2) is 58.1 Å². The Balaban J connectivity index is 1.18. The molecular formula is C21H24F3N7O2. The van der Waals surface area contributed by atoms with Crippen LogP contribution in [0.3, 0.4) is 0 Å². The Morgan fingerprint density at radius 1 is 1.21 bits per heavy atom. The highest BCUT2D eigenvalue weighted by Gasteiger charge is 2.39. The summed E-state index contributed by atoms with van der Waals surface area (Å²) in [6, 6.07) is -0.0973. The van der Waals surface area contributed by atoms with Gasteiger partial charge >= 0.3 is 6.18 Å². The lowest BCUT2D eigenvalue weighted by molar-refractivity contribution is -0.141. The van der Waals surface area contributed by atoms with E-state index in [1.54, 1.807) is 0 Å². The first-order valence-electron chi connectivity index (χ1n) is 10.9. The third-order valence-electron chi connectivity index (χ3n) is 6.50. The van der Waals surface area contributed by atoms with Crippen molar-refractivity contribution >= 4 is 23.4 Å². The number of likely N-dealkylation sites (N-methyl/N-ethyl adjacent to an activating group) is 1. The fourth-order valence-corrected chi connectivity index (χ4v) is 4.47. The second kappa shape index (κ2) is 7.99. The van der Waals surface area contributed by atoms with E-state index in [0.29, 0.717) is 25.3 Å². The van der Waals surface area contributed by atoms with E-state index < -0.39 is 11.9 Å². The first-order valence-corrected chi connectivity index (χ1v) is 10.9. The molecule has 0 radical (unpaired) electrons. The number of nitrogens with zero attached hydrogens (tertiary/aromatic N) is 6. The standard InChI is InChI=1S/C21H24F3N7O2/c1-11-19(32)31-5-3-4-14-17(31)18(30(11)2)29-20(28-14)27-13-6-12(7-13)10-33-16-9-25-15(8-26-16)21(22,23)24/h8-9,11-13H,3-7,10H2,1-2H3,(H,27,28,29)/t11-,12?,13?/m0/s1. The van der Waals surface area contributed by atoms with E-state index in [4.69, 9.17) is 9.72 Å². The summed E-state index contributed by atoms with van der Waals surface area (Å²) < 4.78 is 43.2. The van der Waals surface area contributed by atoms with Gasteiger partial charge in [0.05, 0.1) is 24.7 Å². The molecule has 33 heavy (non-hydrogen) atoms. The number of carbonyl (C=O) groups excluding carboxylic acids is 1. The third-order valence-corrected chi connectivity index (χ3v) is 6.50. The highest BCUT2D eigenvalue weighted by molar-refractivity contribution is 6.05. The second-order valence-electron chi connectivity index (χ2n) is 8.77. The largest absolute Gasteiger partial charge is 0.476 e. The summed E-state index contributed by atoms with van der Waals surface area (Å²) in [7, 11) is 1.88. The van der Waals surface area contributed by atoms with E-state index in [0.717, 1.165) is 49.1 Å². The predicted octanol–water partition coefficient (Wildman–Crippen LogP) is 2.67. The summed E-state index contributed by atoms with van der Waals surface area (Å²) in [5, 5.41) is 3.38. The number of ether oxygens (including phenoxy) is 1. The molecule has 1 saturated carbocycles. The van der Waals surface area contributed by atoms with Gasteiger partial charge in [-0.2, -0.15) is 18.2 Å². The van der Waals surface area contributed by atoms with Gasteiger partial charge < -0.3 is 19.9 Å². The molecule has 1 atom stereocenters. The number of aromatic nitrogens is 4. The van der Waals surface area contributed by atoms with E-state index in [1.165, 1.54) is 0 Å². The fourth-order valence-electron chi connectivity index (χ4n) is 4.47. The highest BCUT2D eigenvalue weighted by atomic mass is 19.4. The van der Waals surface area contributed by atoms with Crippen LogP contribution in [0.25, 0.3) is 0 Å². The molecule has 0 spiro atoms. The van der Waals surface area contributed by atoms with Crippen molar-refractivity contribution in [2.24, 2.45) is 5.92 Å². The number of halogens is 3. The summed E-state index contributed by atoms with van der Waals surface area (Å²) in [6.45, 7) is 2.93. The average Bonchev–Trinajstić information content (AvgIpc) is 2.76. The van der Waals surface area contributed by atoms with Crippen LogP contribution in [0.2, 0.25) is 0 Å². The second-order valence-corrected chi connectivity index (χ2v) is 8.77. The van der Waals surface area contributed by atoms with Gasteiger partial charge in [-0.3, -0.25) is 4.79 Å². The van der Waals surface area contributed by atoms with Crippen LogP contribution in [0.4, 0.5) is 30.6 Å². The van der Waals surface area contributed by atoms with Gasteiger partial charge in [0.25, 0.3) is 0 Å². The molecule has 176 valence electrons. The summed E-state index contributed by atoms with van der Waals surface area (Å²) in [6.07, 6.45) is 0.474. The Bertz CT molecular complexity index is 1060. The number of alkyl halides is 3. The van der Waals surface area contributed by atoms with Gasteiger partial charge in [-0.05, 0) is 38.5 Å². The lowest BCUT2D eigenvalue weighted by Gasteiger charge is -2.42. The Morgan fingerprint density at radius 2 is 2.00 bits per heavy atom. The van der Waals surface area contributed by atoms with Gasteiger partial charge in [0.15, 0.2) is 11.5 Å². The third kappa shape index (κ3) is 4.02. The SMILES string of the molecule is C[C@H]1C(=O)N2CCCc3nc(NC4CC(COc5cnc(C(F)(F)F)cn5)C4)nc(c32)N1C. The van der Waals surface area contributed by atoms with Crippen LogP contribution in [0.15, 0.2) is 12.4 Å². The van der Waals surface area contributed by atoms with Crippen molar-refractivity contribution in [3.63, 3.8) is 0 Å². The number of carbonyl (C=O) groups is 1. The molecule has 4 heterocycles. The molecule has 5 rings (SSSR count). The molecule has 0 saturated heterocycles. The van der Waals surface area contributed by atoms with Crippen molar-refractivity contribution < 1.29 is 22.7 Å². The lowest BCUT2D eigenvalue weighted by atomic mass is 9.81. The smallest absolute Gasteiger partial charge is 0.434 e. The summed E-state index contributed by atoms with van der Waals surface area (Å²) in [5.74, 6) is 1.73. The maximum Gasteiger partial charge on any atom is 0.434 e. The van der Waals surface area contributed by atoms with Crippen LogP contribution in [0.5, 0.6) is 5.88 Å². The quantitative estimate of drug-likeness (QED) is 0.723. The average molecular weight is 463 g/mol. The molecule has 2 aromatic heterocycles. The molecule has 1 amide bonds. The van der Waals surface area contributed by atoms with Crippen molar-refractivity contribution in [2.75, 3.05) is 35.3 Å². The topological polar surface area (TPSA) is 96.4 Å². The Kier molecular flexibility index (Phi) is 5.25. The predicted molar refractivity (Wildman–Crippen MR) is 113 cm³/mol. The van der Waals surface area contributed by atoms with E-state index in [2.05, 4.69) is 20.3 Å². The first kappa shape index (κ1) is 21.7. The molecule has 3 aliphatic rings. The highest BCUT2D eigenvalue weighted by Crippen LogP contribution is 2.40. The van der Waals surface area contributed by atoms with Crippen molar-refractivity contribution in [3.8, 4) is 5.88 Å². The molecule has 0 aromatic carbocycles. The van der Waals surface area contributed by atoms with Crippen LogP contribution >= 0.6 is 0 Å². The summed E-state index contributed by atoms with van der Waals surface area (Å²) in [4.78, 5) is 32.8. The maximum absolute atomic E-state index is 12.6. The number of rotatable bonds is 5. The zero-order chi connectivity index (χ0) is 23.3. The van der Waals surface area contributed by atoms with Crippen LogP contribution in [0.1, 0.15) is 37.6 Å². The molecule has 2 aliphatic heterocycles. The first-order chi connectivity index (χ1) is 15.7. The van der Waals surface area contributed by atoms with E-state index in [1.807, 2.05) is 23.8 Å². The number of hydrogen-bond donors (Lipinski definition) is 1. The monoisotopic (exact) mass is 463 g/mol. The van der Waals surface area contributed by atoms with E-state index >= 15 is 0 Å². The van der Waals surface area contributed by atoms with E-state index in [-0.39, 0.29) is 29.8 Å². The zero-order valence-corrected chi connectivity index (χ0v) is 18.3. The van der Waals surface area contributed by atoms with Gasteiger partial charge in [-0.15, -0.1) is 0 Å². The van der Waals surface area contributed by atoms with Crippen LogP contribution in [-0.2, 0) is 17.4 Å². The minimum Gasteiger partial charge on any atom is -0.476 e. The molecule has 1 fully saturated rings. The molecule has 0 unspecified atom stereocenters. The normalized spacial score (nSPS) is 24.3. The van der Waals surface area contributed by atoms with Crippen molar-refractivity contribution in [2.45, 2.75) is 50.9 Å². The minimum absolute atomic E-state index is 0.0767. The summed E-state index contributed by atoms with van der Waals surface area (Å²) in [5.41, 5.74) is 0.676. The molecule has 1 aliphatic carbocycles. The molecule has 9 nitrogen and oxygen atoms in total. The Labute approximate surface area is 188 Å². The Hall–Kier alpha value is -3.18. The van der Waals surface area contributed by atoms with Gasteiger partial charge in [-0.1, -0.05) is 0 Å². The number of anilines is 3. The van der Waals surface area contributed by atoms with Gasteiger partial charge in [0.2, 0.25) is 17.7 Å². The van der Waals surface area contributed by atoms with Gasteiger partial charge in [0.1, 0.15) is 11.7 Å². The van der Waals surface area contributed by atoms with E-state index in [9.17, 15) is 18.0 Å². The number of aryl methyl sites for hydroxylation is 1. The molecule has 0 bridgehead atoms. The van der Waals surface area contributed by atoms with Crippen LogP contribution in [0, 0.1) is 5.92 Å². The summed E-state index contributed by atoms with van der Waals surface area (Å²) >= 11 is 0. The Morgan fingerprint density at radius 3 is 2.70 bits per heavy atom. The molecule has 1 N–H and O–H groups in total. The minimum atomic E-state index is -4.52. The zero-order valence-electron chi connectivity index (χ0n) is 18.3. The fraction of sp³-hybridized carbons (Fsp3) is 0.571. The molecular weight excluding hydrogens is 439 g/mol. The molecule has 12 heteroatoms. The van der Waals surface area contributed by atoms with Crippen molar-refractivity contribution in [3.05, 3.63) is 23.8 Å². The van der Waals surface area contributed by atoms with Gasteiger partial charge in [0, 0.05) is 19.6 Å². The van der Waals surface area contributed by atoms with Crippen molar-refractivity contribution in [1.82, 2.24) is 19.9 Å². The molecule has 2 aromatic rings. The van der Waals surface area contributed by atoms with Crippen LogP contribution < -0.4 is 19.9 Å².